The van der Waals surface area contributed by atoms with Crippen molar-refractivity contribution < 1.29 is 9.59 Å². The van der Waals surface area contributed by atoms with Gasteiger partial charge in [-0.15, -0.1) is 0 Å². The number of aromatic nitrogens is 2. The molecular formula is C21H26N4O3. The zero-order chi connectivity index (χ0) is 19.5. The van der Waals surface area contributed by atoms with E-state index in [0.29, 0.717) is 48.6 Å². The molecule has 4 rings (SSSR count). The molecule has 1 aromatic heterocycles. The Labute approximate surface area is 163 Å². The summed E-state index contributed by atoms with van der Waals surface area (Å²) in [6, 6.07) is 7.60. The van der Waals surface area contributed by atoms with Crippen LogP contribution in [0.5, 0.6) is 0 Å². The maximum Gasteiger partial charge on any atom is 0.258 e. The van der Waals surface area contributed by atoms with Crippen LogP contribution < -0.4 is 10.9 Å². The van der Waals surface area contributed by atoms with E-state index in [1.807, 2.05) is 23.1 Å². The Morgan fingerprint density at radius 3 is 2.86 bits per heavy atom. The van der Waals surface area contributed by atoms with Gasteiger partial charge in [-0.3, -0.25) is 14.4 Å². The molecule has 1 aliphatic heterocycles. The Morgan fingerprint density at radius 2 is 2.04 bits per heavy atom. The number of nitrogens with zero attached hydrogens (tertiary/aromatic N) is 2. The summed E-state index contributed by atoms with van der Waals surface area (Å²) in [6.07, 6.45) is 5.44. The monoisotopic (exact) mass is 382 g/mol. The minimum Gasteiger partial charge on any atom is -0.353 e. The number of amides is 2. The average Bonchev–Trinajstić information content (AvgIpc) is 3.52. The van der Waals surface area contributed by atoms with Crippen LogP contribution in [0.25, 0.3) is 10.9 Å². The smallest absolute Gasteiger partial charge is 0.258 e. The summed E-state index contributed by atoms with van der Waals surface area (Å²) < 4.78 is 0. The first-order chi connectivity index (χ1) is 13.6. The molecule has 1 saturated heterocycles. The molecule has 0 bridgehead atoms. The number of likely N-dealkylation sites (tertiary alicyclic amines) is 1. The highest BCUT2D eigenvalue weighted by atomic mass is 16.2. The maximum absolute atomic E-state index is 12.6. The number of carbonyl (C=O) groups excluding carboxylic acids is 2. The van der Waals surface area contributed by atoms with Crippen molar-refractivity contribution in [2.45, 2.75) is 51.0 Å². The molecule has 1 aliphatic carbocycles. The summed E-state index contributed by atoms with van der Waals surface area (Å²) in [5, 5.41) is 3.62. The second kappa shape index (κ2) is 8.12. The summed E-state index contributed by atoms with van der Waals surface area (Å²) in [5.74, 6) is 0.693. The van der Waals surface area contributed by atoms with E-state index in [9.17, 15) is 14.4 Å². The van der Waals surface area contributed by atoms with Crippen LogP contribution in [0.2, 0.25) is 0 Å². The molecule has 7 heteroatoms. The SMILES string of the molecule is O=C(NC1CC1)C1CCCN(C(=O)CCCc2nc3ccccc3c(=O)[nH]2)C1. The minimum absolute atomic E-state index is 0.0760. The summed E-state index contributed by atoms with van der Waals surface area (Å²) in [5.41, 5.74) is 0.528. The van der Waals surface area contributed by atoms with E-state index < -0.39 is 0 Å². The van der Waals surface area contributed by atoms with Gasteiger partial charge < -0.3 is 15.2 Å². The third kappa shape index (κ3) is 4.40. The third-order valence-electron chi connectivity index (χ3n) is 5.53. The molecule has 2 N–H and O–H groups in total. The fourth-order valence-corrected chi connectivity index (χ4v) is 3.78. The van der Waals surface area contributed by atoms with Crippen molar-refractivity contribution in [2.75, 3.05) is 13.1 Å². The summed E-state index contributed by atoms with van der Waals surface area (Å²) in [6.45, 7) is 1.24. The van der Waals surface area contributed by atoms with Crippen molar-refractivity contribution in [2.24, 2.45) is 5.92 Å². The number of rotatable bonds is 6. The van der Waals surface area contributed by atoms with Crippen molar-refractivity contribution in [3.63, 3.8) is 0 Å². The molecule has 0 spiro atoms. The zero-order valence-electron chi connectivity index (χ0n) is 15.9. The van der Waals surface area contributed by atoms with Gasteiger partial charge in [-0.05, 0) is 44.2 Å². The normalized spacial score (nSPS) is 19.6. The predicted octanol–water partition coefficient (Wildman–Crippen LogP) is 1.76. The van der Waals surface area contributed by atoms with Crippen LogP contribution >= 0.6 is 0 Å². The molecule has 2 fully saturated rings. The Bertz CT molecular complexity index is 935. The van der Waals surface area contributed by atoms with Crippen LogP contribution in [0, 0.1) is 5.92 Å². The minimum atomic E-state index is -0.146. The van der Waals surface area contributed by atoms with E-state index in [-0.39, 0.29) is 23.3 Å². The van der Waals surface area contributed by atoms with Gasteiger partial charge in [-0.1, -0.05) is 12.1 Å². The quantitative estimate of drug-likeness (QED) is 0.796. The van der Waals surface area contributed by atoms with Crippen molar-refractivity contribution in [3.8, 4) is 0 Å². The molecule has 2 heterocycles. The van der Waals surface area contributed by atoms with Crippen LogP contribution in [-0.2, 0) is 16.0 Å². The summed E-state index contributed by atoms with van der Waals surface area (Å²) in [7, 11) is 0. The van der Waals surface area contributed by atoms with Gasteiger partial charge in [-0.25, -0.2) is 4.98 Å². The first kappa shape index (κ1) is 18.7. The first-order valence-electron chi connectivity index (χ1n) is 10.2. The summed E-state index contributed by atoms with van der Waals surface area (Å²) >= 11 is 0. The van der Waals surface area contributed by atoms with E-state index in [4.69, 9.17) is 0 Å². The lowest BCUT2D eigenvalue weighted by atomic mass is 9.96. The van der Waals surface area contributed by atoms with Crippen LogP contribution in [-0.4, -0.2) is 45.8 Å². The molecule has 2 amide bonds. The lowest BCUT2D eigenvalue weighted by Crippen LogP contribution is -2.45. The lowest BCUT2D eigenvalue weighted by molar-refractivity contribution is -0.135. The number of aromatic amines is 1. The molecule has 1 unspecified atom stereocenters. The van der Waals surface area contributed by atoms with Gasteiger partial charge >= 0.3 is 0 Å². The van der Waals surface area contributed by atoms with Crippen molar-refractivity contribution in [1.82, 2.24) is 20.2 Å². The molecule has 1 atom stereocenters. The van der Waals surface area contributed by atoms with Gasteiger partial charge in [0.05, 0.1) is 16.8 Å². The number of hydrogen-bond donors (Lipinski definition) is 2. The molecule has 0 radical (unpaired) electrons. The summed E-state index contributed by atoms with van der Waals surface area (Å²) in [4.78, 5) is 46.1. The number of nitrogens with one attached hydrogen (secondary N) is 2. The zero-order valence-corrected chi connectivity index (χ0v) is 15.9. The van der Waals surface area contributed by atoms with Crippen LogP contribution in [0.1, 0.15) is 44.3 Å². The van der Waals surface area contributed by atoms with Gasteiger partial charge in [0.25, 0.3) is 5.56 Å². The second-order valence-electron chi connectivity index (χ2n) is 7.85. The number of fused-ring (bicyclic) bond motifs is 1. The topological polar surface area (TPSA) is 95.2 Å². The highest BCUT2D eigenvalue weighted by molar-refractivity contribution is 5.81. The highest BCUT2D eigenvalue weighted by Gasteiger charge is 2.31. The van der Waals surface area contributed by atoms with E-state index in [1.165, 1.54) is 0 Å². The van der Waals surface area contributed by atoms with E-state index in [0.717, 1.165) is 32.2 Å². The fourth-order valence-electron chi connectivity index (χ4n) is 3.78. The molecular weight excluding hydrogens is 356 g/mol. The molecule has 1 saturated carbocycles. The number of piperidine rings is 1. The maximum atomic E-state index is 12.6. The Kier molecular flexibility index (Phi) is 5.41. The fraction of sp³-hybridized carbons (Fsp3) is 0.524. The predicted molar refractivity (Wildman–Crippen MR) is 106 cm³/mol. The number of benzene rings is 1. The van der Waals surface area contributed by atoms with E-state index >= 15 is 0 Å². The number of H-pyrrole nitrogens is 1. The molecule has 28 heavy (non-hydrogen) atoms. The standard InChI is InChI=1S/C21H26N4O3/c26-19(25-12-4-5-14(13-25)20(27)22-15-10-11-15)9-3-8-18-23-17-7-2-1-6-16(17)21(28)24-18/h1-2,6-7,14-15H,3-5,8-13H2,(H,22,27)(H,23,24,28). The van der Waals surface area contributed by atoms with Crippen molar-refractivity contribution >= 4 is 22.7 Å². The van der Waals surface area contributed by atoms with Gasteiger partial charge in [0.1, 0.15) is 5.82 Å². The van der Waals surface area contributed by atoms with Gasteiger partial charge in [-0.2, -0.15) is 0 Å². The van der Waals surface area contributed by atoms with Crippen LogP contribution in [0.3, 0.4) is 0 Å². The number of aryl methyl sites for hydroxylation is 1. The number of carbonyl (C=O) groups is 2. The van der Waals surface area contributed by atoms with E-state index in [1.54, 1.807) is 6.07 Å². The van der Waals surface area contributed by atoms with Crippen molar-refractivity contribution in [1.29, 1.82) is 0 Å². The second-order valence-corrected chi connectivity index (χ2v) is 7.85. The molecule has 7 nitrogen and oxygen atoms in total. The van der Waals surface area contributed by atoms with Crippen LogP contribution in [0.15, 0.2) is 29.1 Å². The first-order valence-corrected chi connectivity index (χ1v) is 10.2. The van der Waals surface area contributed by atoms with Crippen LogP contribution in [0.4, 0.5) is 0 Å². The Balaban J connectivity index is 1.29. The van der Waals surface area contributed by atoms with Gasteiger partial charge in [0.2, 0.25) is 11.8 Å². The van der Waals surface area contributed by atoms with Gasteiger partial charge in [0, 0.05) is 32.0 Å². The van der Waals surface area contributed by atoms with Gasteiger partial charge in [0.15, 0.2) is 0 Å². The Hall–Kier alpha value is -2.70. The molecule has 1 aromatic carbocycles. The van der Waals surface area contributed by atoms with Crippen molar-refractivity contribution in [3.05, 3.63) is 40.4 Å². The average molecular weight is 382 g/mol. The Morgan fingerprint density at radius 1 is 1.21 bits per heavy atom. The largest absolute Gasteiger partial charge is 0.353 e. The molecule has 2 aromatic rings. The van der Waals surface area contributed by atoms with E-state index in [2.05, 4.69) is 15.3 Å². The molecule has 148 valence electrons. The number of para-hydroxylation sites is 1. The molecule has 2 aliphatic rings. The lowest BCUT2D eigenvalue weighted by Gasteiger charge is -2.32. The number of hydrogen-bond acceptors (Lipinski definition) is 4. The third-order valence-corrected chi connectivity index (χ3v) is 5.53. The highest BCUT2D eigenvalue weighted by Crippen LogP contribution is 2.22.